The molecule has 2 aromatic rings. The van der Waals surface area contributed by atoms with Crippen molar-refractivity contribution < 1.29 is 10.2 Å². The highest BCUT2D eigenvalue weighted by Crippen LogP contribution is 2.46. The molecule has 0 amide bonds. The highest BCUT2D eigenvalue weighted by Gasteiger charge is 2.13. The van der Waals surface area contributed by atoms with Crippen molar-refractivity contribution in [3.8, 4) is 11.5 Å². The molecule has 100 valence electrons. The molecule has 7 heteroatoms. The summed E-state index contributed by atoms with van der Waals surface area (Å²) in [5, 5.41) is 20.0. The van der Waals surface area contributed by atoms with Gasteiger partial charge in [-0.25, -0.2) is 0 Å². The monoisotopic (exact) mass is 530 g/mol. The Morgan fingerprint density at radius 2 is 1.05 bits per heavy atom. The Labute approximate surface area is 148 Å². The standard InChI is InChI=1S/C12H6Br4O2S/c13-5-1-7(15)11(17)9(3-5)19-10-4-6(14)2-8(16)12(10)18/h1-4,17-18H. The normalized spacial score (nSPS) is 10.7. The van der Waals surface area contributed by atoms with Crippen LogP contribution in [0.1, 0.15) is 0 Å². The fraction of sp³-hybridized carbons (Fsp3) is 0. The topological polar surface area (TPSA) is 40.5 Å². The Kier molecular flexibility index (Phi) is 5.28. The molecule has 0 saturated carbocycles. The molecule has 0 fully saturated rings. The summed E-state index contributed by atoms with van der Waals surface area (Å²) in [5.74, 6) is 0.285. The van der Waals surface area contributed by atoms with E-state index in [2.05, 4.69) is 63.7 Å². The first-order valence-electron chi connectivity index (χ1n) is 4.92. The molecule has 0 atom stereocenters. The Bertz CT molecular complexity index is 591. The van der Waals surface area contributed by atoms with E-state index in [4.69, 9.17) is 0 Å². The maximum absolute atomic E-state index is 10.0. The molecule has 0 aliphatic rings. The van der Waals surface area contributed by atoms with E-state index < -0.39 is 0 Å². The van der Waals surface area contributed by atoms with Gasteiger partial charge in [0.1, 0.15) is 11.5 Å². The van der Waals surface area contributed by atoms with E-state index in [9.17, 15) is 10.2 Å². The van der Waals surface area contributed by atoms with Crippen molar-refractivity contribution in [3.63, 3.8) is 0 Å². The minimum atomic E-state index is 0.142. The zero-order valence-corrected chi connectivity index (χ0v) is 16.3. The molecule has 0 unspecified atom stereocenters. The fourth-order valence-electron chi connectivity index (χ4n) is 1.36. The van der Waals surface area contributed by atoms with Gasteiger partial charge in [0.25, 0.3) is 0 Å². The van der Waals surface area contributed by atoms with Crippen LogP contribution in [0.4, 0.5) is 0 Å². The minimum absolute atomic E-state index is 0.142. The number of rotatable bonds is 2. The predicted octanol–water partition coefficient (Wildman–Crippen LogP) is 6.30. The van der Waals surface area contributed by atoms with Crippen molar-refractivity contribution in [3.05, 3.63) is 42.2 Å². The summed E-state index contributed by atoms with van der Waals surface area (Å²) in [5.41, 5.74) is 0. The molecule has 0 aliphatic heterocycles. The van der Waals surface area contributed by atoms with Gasteiger partial charge in [-0.05, 0) is 56.1 Å². The van der Waals surface area contributed by atoms with Crippen LogP contribution in [-0.2, 0) is 0 Å². The molecule has 2 N–H and O–H groups in total. The molecule has 0 aromatic heterocycles. The Morgan fingerprint density at radius 1 is 0.684 bits per heavy atom. The highest BCUT2D eigenvalue weighted by molar-refractivity contribution is 9.11. The van der Waals surface area contributed by atoms with Crippen molar-refractivity contribution in [2.24, 2.45) is 0 Å². The van der Waals surface area contributed by atoms with Gasteiger partial charge >= 0.3 is 0 Å². The molecule has 0 heterocycles. The number of benzene rings is 2. The lowest BCUT2D eigenvalue weighted by molar-refractivity contribution is 0.456. The maximum atomic E-state index is 10.0. The molecule has 19 heavy (non-hydrogen) atoms. The van der Waals surface area contributed by atoms with Crippen LogP contribution < -0.4 is 0 Å². The smallest absolute Gasteiger partial charge is 0.143 e. The molecular formula is C12H6Br4O2S. The van der Waals surface area contributed by atoms with E-state index in [0.29, 0.717) is 18.7 Å². The van der Waals surface area contributed by atoms with Crippen LogP contribution in [0.15, 0.2) is 51.9 Å². The molecule has 0 aliphatic carbocycles. The molecule has 2 nitrogen and oxygen atoms in total. The largest absolute Gasteiger partial charge is 0.506 e. The van der Waals surface area contributed by atoms with Crippen LogP contribution >= 0.6 is 75.5 Å². The number of hydrogen-bond donors (Lipinski definition) is 2. The lowest BCUT2D eigenvalue weighted by Gasteiger charge is -2.10. The van der Waals surface area contributed by atoms with Crippen LogP contribution in [0.3, 0.4) is 0 Å². The first-order chi connectivity index (χ1) is 8.88. The number of halogens is 4. The van der Waals surface area contributed by atoms with Gasteiger partial charge in [0.15, 0.2) is 0 Å². The van der Waals surface area contributed by atoms with E-state index in [1.54, 1.807) is 24.3 Å². The average molecular weight is 534 g/mol. The molecule has 0 bridgehead atoms. The quantitative estimate of drug-likeness (QED) is 0.476. The molecule has 2 rings (SSSR count). The van der Waals surface area contributed by atoms with Crippen molar-refractivity contribution in [1.29, 1.82) is 0 Å². The van der Waals surface area contributed by atoms with Crippen molar-refractivity contribution >= 4 is 75.5 Å². The van der Waals surface area contributed by atoms with E-state index in [1.165, 1.54) is 11.8 Å². The first kappa shape index (κ1) is 15.7. The Balaban J connectivity index is 2.47. The van der Waals surface area contributed by atoms with Gasteiger partial charge in [0.2, 0.25) is 0 Å². The van der Waals surface area contributed by atoms with E-state index in [0.717, 1.165) is 8.95 Å². The second-order valence-corrected chi connectivity index (χ2v) is 8.19. The SMILES string of the molecule is Oc1c(Br)cc(Br)cc1Sc1cc(Br)cc(Br)c1O. The summed E-state index contributed by atoms with van der Waals surface area (Å²) >= 11 is 14.6. The Hall–Kier alpha value is 0.310. The van der Waals surface area contributed by atoms with Crippen LogP contribution in [0.25, 0.3) is 0 Å². The van der Waals surface area contributed by atoms with Gasteiger partial charge in [-0.2, -0.15) is 0 Å². The van der Waals surface area contributed by atoms with Crippen molar-refractivity contribution in [2.75, 3.05) is 0 Å². The van der Waals surface area contributed by atoms with Crippen molar-refractivity contribution in [1.82, 2.24) is 0 Å². The number of phenols is 2. The number of hydrogen-bond acceptors (Lipinski definition) is 3. The lowest BCUT2D eigenvalue weighted by Crippen LogP contribution is -1.81. The fourth-order valence-corrected chi connectivity index (χ4v) is 5.40. The Morgan fingerprint density at radius 3 is 1.42 bits per heavy atom. The van der Waals surface area contributed by atoms with Gasteiger partial charge in [-0.3, -0.25) is 0 Å². The summed E-state index contributed by atoms with van der Waals surface area (Å²) < 4.78 is 2.87. The van der Waals surface area contributed by atoms with Gasteiger partial charge in [-0.15, -0.1) is 0 Å². The van der Waals surface area contributed by atoms with Crippen LogP contribution in [0.2, 0.25) is 0 Å². The van der Waals surface area contributed by atoms with E-state index in [-0.39, 0.29) is 11.5 Å². The predicted molar refractivity (Wildman–Crippen MR) is 91.1 cm³/mol. The summed E-state index contributed by atoms with van der Waals surface area (Å²) in [6, 6.07) is 7.10. The van der Waals surface area contributed by atoms with Crippen LogP contribution in [0, 0.1) is 0 Å². The van der Waals surface area contributed by atoms with Gasteiger partial charge in [-0.1, -0.05) is 43.6 Å². The third-order valence-corrected chi connectivity index (χ3v) is 5.39. The summed E-state index contributed by atoms with van der Waals surface area (Å²) in [6.45, 7) is 0. The van der Waals surface area contributed by atoms with Gasteiger partial charge < -0.3 is 10.2 Å². The molecule has 0 saturated heterocycles. The highest BCUT2D eigenvalue weighted by atomic mass is 79.9. The summed E-state index contributed by atoms with van der Waals surface area (Å²) in [6.07, 6.45) is 0. The van der Waals surface area contributed by atoms with Gasteiger partial charge in [0, 0.05) is 8.95 Å². The molecule has 0 radical (unpaired) electrons. The molecule has 0 spiro atoms. The second kappa shape index (κ2) is 6.39. The minimum Gasteiger partial charge on any atom is -0.506 e. The third kappa shape index (κ3) is 3.69. The molecular weight excluding hydrogens is 528 g/mol. The number of aromatic hydroxyl groups is 2. The van der Waals surface area contributed by atoms with Crippen LogP contribution in [0.5, 0.6) is 11.5 Å². The maximum Gasteiger partial charge on any atom is 0.143 e. The number of phenolic OH excluding ortho intramolecular Hbond substituents is 2. The summed E-state index contributed by atoms with van der Waals surface area (Å²) in [4.78, 5) is 1.28. The molecule has 2 aromatic carbocycles. The van der Waals surface area contributed by atoms with Crippen molar-refractivity contribution in [2.45, 2.75) is 9.79 Å². The van der Waals surface area contributed by atoms with Crippen LogP contribution in [-0.4, -0.2) is 10.2 Å². The van der Waals surface area contributed by atoms with Gasteiger partial charge in [0.05, 0.1) is 18.7 Å². The second-order valence-electron chi connectivity index (χ2n) is 3.57. The summed E-state index contributed by atoms with van der Waals surface area (Å²) in [7, 11) is 0. The zero-order valence-electron chi connectivity index (χ0n) is 9.12. The van der Waals surface area contributed by atoms with E-state index >= 15 is 0 Å². The zero-order chi connectivity index (χ0) is 14.2. The third-order valence-electron chi connectivity index (χ3n) is 2.21. The average Bonchev–Trinajstić information content (AvgIpc) is 2.31. The first-order valence-corrected chi connectivity index (χ1v) is 8.91. The van der Waals surface area contributed by atoms with E-state index in [1.807, 2.05) is 0 Å². The lowest BCUT2D eigenvalue weighted by atomic mass is 10.3.